The van der Waals surface area contributed by atoms with Crippen molar-refractivity contribution in [3.63, 3.8) is 0 Å². The molecule has 0 spiro atoms. The molecule has 0 aliphatic heterocycles. The average molecular weight is 435 g/mol. The molecule has 0 aromatic heterocycles. The minimum absolute atomic E-state index is 0. The van der Waals surface area contributed by atoms with E-state index in [9.17, 15) is 21.6 Å². The van der Waals surface area contributed by atoms with Crippen molar-refractivity contribution in [2.24, 2.45) is 0 Å². The van der Waals surface area contributed by atoms with Gasteiger partial charge in [0.2, 0.25) is 0 Å². The number of carbonyl (C=O) groups excluding carboxylic acids is 1. The molecule has 0 amide bonds. The number of halogens is 2. The predicted molar refractivity (Wildman–Crippen MR) is 87.1 cm³/mol. The summed E-state index contributed by atoms with van der Waals surface area (Å²) in [4.78, 5) is 11.1. The monoisotopic (exact) mass is 434 g/mol. The van der Waals surface area contributed by atoms with E-state index in [-0.39, 0.29) is 52.2 Å². The second-order valence-corrected chi connectivity index (χ2v) is 8.16. The van der Waals surface area contributed by atoms with Gasteiger partial charge in [-0.25, -0.2) is 0 Å². The summed E-state index contributed by atoms with van der Waals surface area (Å²) < 4.78 is 63.1. The zero-order chi connectivity index (χ0) is 18.3. The van der Waals surface area contributed by atoms with E-state index in [2.05, 4.69) is 0 Å². The van der Waals surface area contributed by atoms with Crippen LogP contribution in [0.1, 0.15) is 17.3 Å². The summed E-state index contributed by atoms with van der Waals surface area (Å²) in [5.74, 6) is -0.766. The van der Waals surface area contributed by atoms with Crippen molar-refractivity contribution in [2.75, 3.05) is 0 Å². The van der Waals surface area contributed by atoms with Gasteiger partial charge in [0.05, 0.1) is 10.0 Å². The van der Waals surface area contributed by atoms with E-state index >= 15 is 0 Å². The molecule has 0 fully saturated rings. The molecule has 2 rings (SSSR count). The first-order valence-electron chi connectivity index (χ1n) is 6.00. The Morgan fingerprint density at radius 2 is 1.12 bits per heavy atom. The first-order valence-corrected chi connectivity index (χ1v) is 9.63. The molecule has 0 saturated carbocycles. The second-order valence-electron chi connectivity index (χ2n) is 4.57. The summed E-state index contributed by atoms with van der Waals surface area (Å²) in [6.07, 6.45) is 0. The minimum Gasteiger partial charge on any atom is -1.00 e. The number of carbonyl (C=O) groups is 1. The van der Waals surface area contributed by atoms with Crippen LogP contribution in [0.15, 0.2) is 46.2 Å². The number of benzene rings is 2. The maximum atomic E-state index is 12.4. The Bertz CT molecular complexity index is 973. The molecule has 0 aliphatic carbocycles. The van der Waals surface area contributed by atoms with E-state index in [1.54, 1.807) is 0 Å². The van der Waals surface area contributed by atoms with Crippen LogP contribution in [0.2, 0.25) is 10.0 Å². The average Bonchev–Trinajstić information content (AvgIpc) is 2.45. The molecule has 0 aliphatic rings. The summed E-state index contributed by atoms with van der Waals surface area (Å²) in [7, 11) is -9.30. The Morgan fingerprint density at radius 3 is 1.40 bits per heavy atom. The molecule has 2 N–H and O–H groups in total. The van der Waals surface area contributed by atoms with E-state index in [4.69, 9.17) is 32.3 Å². The van der Waals surface area contributed by atoms with Crippen molar-refractivity contribution in [1.82, 2.24) is 0 Å². The van der Waals surface area contributed by atoms with E-state index in [0.717, 1.165) is 24.3 Å². The third kappa shape index (κ3) is 5.25. The quantitative estimate of drug-likeness (QED) is 0.388. The van der Waals surface area contributed by atoms with Gasteiger partial charge in [-0.3, -0.25) is 13.9 Å². The Labute approximate surface area is 177 Å². The Hall–Kier alpha value is -0.490. The molecule has 0 radical (unpaired) electrons. The molecule has 0 atom stereocenters. The molecule has 2 aromatic carbocycles. The van der Waals surface area contributed by atoms with Crippen LogP contribution in [0.5, 0.6) is 0 Å². The van der Waals surface area contributed by atoms with E-state index in [1.165, 1.54) is 12.1 Å². The first-order chi connectivity index (χ1) is 10.9. The van der Waals surface area contributed by atoms with E-state index in [0.29, 0.717) is 0 Å². The SMILES string of the molecule is O=C(c1ccc(Cl)c(S(=O)(=O)O)c1)c1ccc(Cl)c(S(=O)(=O)O)c1.[H-].[Na+]. The van der Waals surface area contributed by atoms with Crippen molar-refractivity contribution >= 4 is 49.2 Å². The van der Waals surface area contributed by atoms with E-state index < -0.39 is 35.8 Å². The van der Waals surface area contributed by atoms with Gasteiger partial charge in [-0.1, -0.05) is 23.2 Å². The van der Waals surface area contributed by atoms with Crippen LogP contribution in [-0.2, 0) is 20.2 Å². The van der Waals surface area contributed by atoms with Gasteiger partial charge in [0.25, 0.3) is 20.2 Å². The van der Waals surface area contributed by atoms with Gasteiger partial charge in [0, 0.05) is 11.1 Å². The maximum absolute atomic E-state index is 12.4. The fourth-order valence-electron chi connectivity index (χ4n) is 1.85. The molecule has 12 heteroatoms. The Morgan fingerprint density at radius 1 is 0.800 bits per heavy atom. The number of hydrogen-bond acceptors (Lipinski definition) is 5. The zero-order valence-corrected chi connectivity index (χ0v) is 17.6. The van der Waals surface area contributed by atoms with Crippen LogP contribution in [0.25, 0.3) is 0 Å². The van der Waals surface area contributed by atoms with Crippen LogP contribution in [0.3, 0.4) is 0 Å². The van der Waals surface area contributed by atoms with Crippen molar-refractivity contribution in [1.29, 1.82) is 0 Å². The molecule has 130 valence electrons. The Balaban J connectivity index is 0.00000312. The van der Waals surface area contributed by atoms with Gasteiger partial charge in [-0.2, -0.15) is 16.8 Å². The molecule has 0 heterocycles. The van der Waals surface area contributed by atoms with Crippen LogP contribution < -0.4 is 29.6 Å². The number of hydrogen-bond donors (Lipinski definition) is 2. The summed E-state index contributed by atoms with van der Waals surface area (Å²) in [6, 6.07) is 6.28. The van der Waals surface area contributed by atoms with Gasteiger partial charge in [-0.05, 0) is 36.4 Å². The topological polar surface area (TPSA) is 126 Å². The Kier molecular flexibility index (Phi) is 7.25. The predicted octanol–water partition coefficient (Wildman–Crippen LogP) is -0.166. The standard InChI is InChI=1S/C13H8Cl2O7S2.Na.H/c14-9-3-1-7(5-11(9)23(17,18)19)13(16)8-2-4-10(15)12(6-8)24(20,21)22;;/h1-6H,(H,17,18,19)(H,20,21,22);;/q;+1;-1. The van der Waals surface area contributed by atoms with Gasteiger partial charge in [0.1, 0.15) is 9.79 Å². The molecule has 0 saturated heterocycles. The molecule has 2 aromatic rings. The molecule has 0 bridgehead atoms. The van der Waals surface area contributed by atoms with E-state index in [1.807, 2.05) is 0 Å². The zero-order valence-electron chi connectivity index (χ0n) is 13.5. The molecule has 25 heavy (non-hydrogen) atoms. The van der Waals surface area contributed by atoms with Gasteiger partial charge in [0.15, 0.2) is 5.78 Å². The van der Waals surface area contributed by atoms with Crippen LogP contribution in [0.4, 0.5) is 0 Å². The molecular weight excluding hydrogens is 426 g/mol. The number of ketones is 1. The van der Waals surface area contributed by atoms with Crippen molar-refractivity contribution in [3.05, 3.63) is 57.6 Å². The fourth-order valence-corrected chi connectivity index (χ4v) is 3.85. The van der Waals surface area contributed by atoms with Gasteiger partial charge in [-0.15, -0.1) is 0 Å². The summed E-state index contributed by atoms with van der Waals surface area (Å²) in [5, 5.41) is -0.576. The largest absolute Gasteiger partial charge is 1.00 e. The van der Waals surface area contributed by atoms with Crippen LogP contribution >= 0.6 is 23.2 Å². The summed E-state index contributed by atoms with van der Waals surface area (Å²) in [5.41, 5.74) is -0.341. The fraction of sp³-hybridized carbons (Fsp3) is 0. The second kappa shape index (κ2) is 8.03. The van der Waals surface area contributed by atoms with Gasteiger partial charge < -0.3 is 1.43 Å². The summed E-state index contributed by atoms with van der Waals surface area (Å²) in [6.45, 7) is 0. The third-order valence-electron chi connectivity index (χ3n) is 2.94. The van der Waals surface area contributed by atoms with Crippen LogP contribution in [-0.4, -0.2) is 31.7 Å². The normalized spacial score (nSPS) is 11.7. The molecule has 0 unspecified atom stereocenters. The summed E-state index contributed by atoms with van der Waals surface area (Å²) >= 11 is 11.3. The molecular formula is C13H9Cl2NaO7S2. The number of rotatable bonds is 4. The van der Waals surface area contributed by atoms with Crippen LogP contribution in [0, 0.1) is 0 Å². The van der Waals surface area contributed by atoms with Crippen molar-refractivity contribution in [2.45, 2.75) is 9.79 Å². The van der Waals surface area contributed by atoms with Crippen molar-refractivity contribution in [3.8, 4) is 0 Å². The van der Waals surface area contributed by atoms with Gasteiger partial charge >= 0.3 is 29.6 Å². The minimum atomic E-state index is -4.65. The molecule has 7 nitrogen and oxygen atoms in total. The first kappa shape index (κ1) is 22.6. The van der Waals surface area contributed by atoms with Crippen molar-refractivity contribution < 1.29 is 61.7 Å². The maximum Gasteiger partial charge on any atom is 1.00 e. The third-order valence-corrected chi connectivity index (χ3v) is 5.61. The smallest absolute Gasteiger partial charge is 1.00 e.